The minimum absolute atomic E-state index is 0.0240. The van der Waals surface area contributed by atoms with Crippen LogP contribution < -0.4 is 0 Å². The van der Waals surface area contributed by atoms with Gasteiger partial charge in [0, 0.05) is 6.54 Å². The number of rotatable bonds is 7. The predicted molar refractivity (Wildman–Crippen MR) is 108 cm³/mol. The van der Waals surface area contributed by atoms with Gasteiger partial charge in [0.1, 0.15) is 12.1 Å². The first kappa shape index (κ1) is 19.6. The maximum absolute atomic E-state index is 12.6. The summed E-state index contributed by atoms with van der Waals surface area (Å²) in [4.78, 5) is 27.9. The van der Waals surface area contributed by atoms with E-state index in [9.17, 15) is 14.7 Å². The molecule has 1 N–H and O–H groups in total. The van der Waals surface area contributed by atoms with Crippen LogP contribution in [0.25, 0.3) is 0 Å². The molecule has 0 aromatic heterocycles. The fourth-order valence-electron chi connectivity index (χ4n) is 4.13. The van der Waals surface area contributed by atoms with E-state index in [1.807, 2.05) is 60.7 Å². The molecule has 2 fully saturated rings. The first-order chi connectivity index (χ1) is 14.1. The van der Waals surface area contributed by atoms with Crippen LogP contribution in [0.1, 0.15) is 36.5 Å². The summed E-state index contributed by atoms with van der Waals surface area (Å²) in [6.45, 7) is 0.597. The summed E-state index contributed by atoms with van der Waals surface area (Å²) in [6.07, 6.45) is 1.31. The summed E-state index contributed by atoms with van der Waals surface area (Å²) >= 11 is 0. The number of nitrogens with zero attached hydrogens (tertiary/aromatic N) is 2. The first-order valence-corrected chi connectivity index (χ1v) is 10.2. The highest BCUT2D eigenvalue weighted by molar-refractivity contribution is 6.04. The Morgan fingerprint density at radius 1 is 0.966 bits per heavy atom. The molecule has 0 saturated carbocycles. The molecule has 6 nitrogen and oxygen atoms in total. The van der Waals surface area contributed by atoms with E-state index < -0.39 is 6.10 Å². The molecule has 152 valence electrons. The van der Waals surface area contributed by atoms with Crippen molar-refractivity contribution in [3.8, 4) is 0 Å². The predicted octanol–water partition coefficient (Wildman–Crippen LogP) is 2.97. The number of amides is 3. The second kappa shape index (κ2) is 8.76. The minimum Gasteiger partial charge on any atom is -0.389 e. The molecule has 2 aliphatic rings. The fraction of sp³-hybridized carbons (Fsp3) is 0.391. The van der Waals surface area contributed by atoms with Crippen molar-refractivity contribution < 1.29 is 19.4 Å². The van der Waals surface area contributed by atoms with Gasteiger partial charge in [-0.3, -0.25) is 9.69 Å². The number of hydrogen-bond donors (Lipinski definition) is 1. The molecular weight excluding hydrogens is 368 g/mol. The van der Waals surface area contributed by atoms with Crippen molar-refractivity contribution in [1.29, 1.82) is 0 Å². The zero-order chi connectivity index (χ0) is 20.2. The van der Waals surface area contributed by atoms with Gasteiger partial charge in [-0.15, -0.1) is 0 Å². The number of carbonyl (C=O) groups is 2. The molecule has 6 heteroatoms. The number of imide groups is 1. The number of ether oxygens (including phenoxy) is 1. The Morgan fingerprint density at radius 2 is 1.59 bits per heavy atom. The quantitative estimate of drug-likeness (QED) is 0.733. The van der Waals surface area contributed by atoms with Gasteiger partial charge in [-0.1, -0.05) is 60.7 Å². The third-order valence-electron chi connectivity index (χ3n) is 5.58. The van der Waals surface area contributed by atoms with Crippen LogP contribution >= 0.6 is 0 Å². The molecule has 2 aromatic carbocycles. The number of urea groups is 1. The number of aliphatic hydroxyl groups excluding tert-OH is 1. The third-order valence-corrected chi connectivity index (χ3v) is 5.58. The van der Waals surface area contributed by atoms with Crippen LogP contribution in [-0.2, 0) is 9.53 Å². The molecule has 0 unspecified atom stereocenters. The largest absolute Gasteiger partial charge is 0.389 e. The highest BCUT2D eigenvalue weighted by atomic mass is 16.5. The molecule has 2 atom stereocenters. The second-order valence-corrected chi connectivity index (χ2v) is 7.62. The van der Waals surface area contributed by atoms with Gasteiger partial charge in [0.05, 0.1) is 19.3 Å². The molecule has 2 saturated heterocycles. The van der Waals surface area contributed by atoms with Crippen LogP contribution in [0.3, 0.4) is 0 Å². The molecule has 0 radical (unpaired) electrons. The Balaban J connectivity index is 1.41. The van der Waals surface area contributed by atoms with Crippen LogP contribution in [0, 0.1) is 0 Å². The topological polar surface area (TPSA) is 70.1 Å². The lowest BCUT2D eigenvalue weighted by Gasteiger charge is -2.26. The molecule has 0 spiro atoms. The molecule has 2 heterocycles. The van der Waals surface area contributed by atoms with E-state index in [0.717, 1.165) is 24.0 Å². The van der Waals surface area contributed by atoms with Crippen molar-refractivity contribution in [2.75, 3.05) is 19.7 Å². The second-order valence-electron chi connectivity index (χ2n) is 7.62. The third kappa shape index (κ3) is 4.18. The number of aliphatic hydroxyl groups is 1. The molecule has 29 heavy (non-hydrogen) atoms. The summed E-state index contributed by atoms with van der Waals surface area (Å²) < 4.78 is 6.06. The molecule has 2 aliphatic heterocycles. The van der Waals surface area contributed by atoms with E-state index >= 15 is 0 Å². The van der Waals surface area contributed by atoms with E-state index in [2.05, 4.69) is 0 Å². The Morgan fingerprint density at radius 3 is 2.17 bits per heavy atom. The van der Waals surface area contributed by atoms with Crippen molar-refractivity contribution >= 4 is 11.9 Å². The van der Waals surface area contributed by atoms with Crippen molar-refractivity contribution in [1.82, 2.24) is 9.80 Å². The summed E-state index contributed by atoms with van der Waals surface area (Å²) in [5.74, 6) is -0.198. The van der Waals surface area contributed by atoms with Gasteiger partial charge in [-0.25, -0.2) is 4.79 Å². The monoisotopic (exact) mass is 394 g/mol. The van der Waals surface area contributed by atoms with Gasteiger partial charge in [-0.2, -0.15) is 0 Å². The van der Waals surface area contributed by atoms with Gasteiger partial charge in [0.25, 0.3) is 5.91 Å². The lowest BCUT2D eigenvalue weighted by atomic mass is 10.0. The normalized spacial score (nSPS) is 20.3. The van der Waals surface area contributed by atoms with E-state index in [0.29, 0.717) is 13.0 Å². The lowest BCUT2D eigenvalue weighted by Crippen LogP contribution is -2.40. The maximum atomic E-state index is 12.6. The number of fused-ring (bicyclic) bond motifs is 1. The van der Waals surface area contributed by atoms with Crippen LogP contribution in [-0.4, -0.2) is 58.7 Å². The summed E-state index contributed by atoms with van der Waals surface area (Å²) in [7, 11) is 0. The summed E-state index contributed by atoms with van der Waals surface area (Å²) in [6, 6.07) is 19.0. The summed E-state index contributed by atoms with van der Waals surface area (Å²) in [5, 5.41) is 10.5. The molecular formula is C23H26N2O4. The van der Waals surface area contributed by atoms with Crippen LogP contribution in [0.4, 0.5) is 4.79 Å². The number of benzene rings is 2. The van der Waals surface area contributed by atoms with Gasteiger partial charge in [0.2, 0.25) is 0 Å². The fourth-order valence-corrected chi connectivity index (χ4v) is 4.13. The van der Waals surface area contributed by atoms with Gasteiger partial charge in [0.15, 0.2) is 0 Å². The van der Waals surface area contributed by atoms with E-state index in [1.165, 1.54) is 4.90 Å². The zero-order valence-corrected chi connectivity index (χ0v) is 16.3. The van der Waals surface area contributed by atoms with E-state index in [4.69, 9.17) is 4.74 Å². The Labute approximate surface area is 170 Å². The highest BCUT2D eigenvalue weighted by Gasteiger charge is 2.46. The van der Waals surface area contributed by atoms with Crippen LogP contribution in [0.15, 0.2) is 60.7 Å². The number of hydrogen-bond acceptors (Lipinski definition) is 4. The SMILES string of the molecule is O=C1[C@H]2CCCCN2C(=O)N1C[C@H](O)COC(c1ccccc1)c1ccccc1. The van der Waals surface area contributed by atoms with E-state index in [-0.39, 0.29) is 37.2 Å². The zero-order valence-electron chi connectivity index (χ0n) is 16.3. The summed E-state index contributed by atoms with van der Waals surface area (Å²) in [5.41, 5.74) is 1.97. The Bertz CT molecular complexity index is 779. The minimum atomic E-state index is -0.945. The first-order valence-electron chi connectivity index (χ1n) is 10.2. The molecule has 4 rings (SSSR count). The average Bonchev–Trinajstić information content (AvgIpc) is 3.00. The number of β-amino-alcohol motifs (C(OH)–C–C–N with tert-alkyl or cyclic N) is 1. The molecule has 2 aromatic rings. The Kier molecular flexibility index (Phi) is 5.92. The van der Waals surface area contributed by atoms with Gasteiger partial charge >= 0.3 is 6.03 Å². The molecule has 0 aliphatic carbocycles. The standard InChI is InChI=1S/C23H26N2O4/c26-19(15-25-22(27)20-13-7-8-14-24(20)23(25)28)16-29-21(17-9-3-1-4-10-17)18-11-5-2-6-12-18/h1-6,9-12,19-21,26H,7-8,13-16H2/t19-,20+/m0/s1. The van der Waals surface area contributed by atoms with Gasteiger partial charge < -0.3 is 14.7 Å². The van der Waals surface area contributed by atoms with Crippen molar-refractivity contribution in [2.24, 2.45) is 0 Å². The highest BCUT2D eigenvalue weighted by Crippen LogP contribution is 2.28. The van der Waals surface area contributed by atoms with Crippen molar-refractivity contribution in [3.05, 3.63) is 71.8 Å². The van der Waals surface area contributed by atoms with Crippen molar-refractivity contribution in [3.63, 3.8) is 0 Å². The Hall–Kier alpha value is -2.70. The van der Waals surface area contributed by atoms with E-state index in [1.54, 1.807) is 4.90 Å². The van der Waals surface area contributed by atoms with Crippen LogP contribution in [0.2, 0.25) is 0 Å². The lowest BCUT2D eigenvalue weighted by molar-refractivity contribution is -0.130. The van der Waals surface area contributed by atoms with Crippen molar-refractivity contribution in [2.45, 2.75) is 37.5 Å². The molecule has 0 bridgehead atoms. The van der Waals surface area contributed by atoms with Gasteiger partial charge in [-0.05, 0) is 30.4 Å². The number of carbonyl (C=O) groups excluding carboxylic acids is 2. The smallest absolute Gasteiger partial charge is 0.327 e. The maximum Gasteiger partial charge on any atom is 0.327 e. The number of piperidine rings is 1. The average molecular weight is 394 g/mol. The van der Waals surface area contributed by atoms with Crippen LogP contribution in [0.5, 0.6) is 0 Å². The molecule has 3 amide bonds.